The van der Waals surface area contributed by atoms with Gasteiger partial charge in [-0.05, 0) is 85.1 Å². The van der Waals surface area contributed by atoms with Crippen LogP contribution in [0.2, 0.25) is 0 Å². The number of esters is 1. The van der Waals surface area contributed by atoms with E-state index in [1.165, 1.54) is 13.2 Å². The van der Waals surface area contributed by atoms with Crippen molar-refractivity contribution in [3.8, 4) is 34.4 Å². The van der Waals surface area contributed by atoms with Crippen LogP contribution in [0.15, 0.2) is 59.7 Å². The Hall–Kier alpha value is -4.38. The summed E-state index contributed by atoms with van der Waals surface area (Å²) in [6, 6.07) is 17.5. The van der Waals surface area contributed by atoms with Crippen LogP contribution in [-0.2, 0) is 9.53 Å². The van der Waals surface area contributed by atoms with Gasteiger partial charge in [-0.3, -0.25) is 9.80 Å². The van der Waals surface area contributed by atoms with E-state index in [1.807, 2.05) is 38.1 Å². The van der Waals surface area contributed by atoms with Gasteiger partial charge in [-0.25, -0.2) is 4.39 Å². The zero-order chi connectivity index (χ0) is 25.8. The maximum absolute atomic E-state index is 14.5. The number of nitrogens with zero attached hydrogens (tertiary/aromatic N) is 3. The summed E-state index contributed by atoms with van der Waals surface area (Å²) in [5.74, 6) is 1.16. The third-order valence-corrected chi connectivity index (χ3v) is 6.08. The van der Waals surface area contributed by atoms with Gasteiger partial charge in [0.2, 0.25) is 0 Å². The lowest BCUT2D eigenvalue weighted by Gasteiger charge is -2.23. The van der Waals surface area contributed by atoms with Gasteiger partial charge in [-0.1, -0.05) is 0 Å². The smallest absolute Gasteiger partial charge is 0.307 e. The third-order valence-electron chi connectivity index (χ3n) is 6.08. The van der Waals surface area contributed by atoms with Crippen molar-refractivity contribution in [1.82, 2.24) is 0 Å². The maximum atomic E-state index is 14.5. The van der Waals surface area contributed by atoms with Gasteiger partial charge in [0.15, 0.2) is 0 Å². The molecule has 1 aliphatic heterocycles. The summed E-state index contributed by atoms with van der Waals surface area (Å²) in [6.07, 6.45) is 0.505. The second-order valence-electron chi connectivity index (χ2n) is 8.52. The molecule has 0 radical (unpaired) electrons. The van der Waals surface area contributed by atoms with E-state index in [-0.39, 0.29) is 24.2 Å². The van der Waals surface area contributed by atoms with E-state index in [1.54, 1.807) is 36.4 Å². The summed E-state index contributed by atoms with van der Waals surface area (Å²) in [6.45, 7) is 3.81. The van der Waals surface area contributed by atoms with Crippen molar-refractivity contribution < 1.29 is 23.4 Å². The topological polar surface area (TPSA) is 84.2 Å². The number of rotatable bonds is 7. The van der Waals surface area contributed by atoms with Gasteiger partial charge < -0.3 is 14.2 Å². The number of carbonyl (C=O) groups excluding carboxylic acids is 1. The van der Waals surface area contributed by atoms with Crippen molar-refractivity contribution in [2.24, 2.45) is 5.10 Å². The molecule has 4 rings (SSSR count). The summed E-state index contributed by atoms with van der Waals surface area (Å²) in [5.41, 5.74) is 4.04. The molecule has 7 nitrogen and oxygen atoms in total. The maximum Gasteiger partial charge on any atom is 0.307 e. The first-order valence-corrected chi connectivity index (χ1v) is 11.4. The largest absolute Gasteiger partial charge is 0.497 e. The molecule has 0 aromatic heterocycles. The number of anilines is 1. The Bertz CT molecular complexity index is 1360. The third kappa shape index (κ3) is 5.15. The summed E-state index contributed by atoms with van der Waals surface area (Å²) in [5, 5.41) is 15.3. The van der Waals surface area contributed by atoms with Crippen LogP contribution in [0.1, 0.15) is 24.0 Å². The van der Waals surface area contributed by atoms with Gasteiger partial charge in [-0.2, -0.15) is 10.4 Å². The van der Waals surface area contributed by atoms with E-state index in [2.05, 4.69) is 11.2 Å². The number of hydrogen-bond donors (Lipinski definition) is 0. The van der Waals surface area contributed by atoms with Crippen LogP contribution < -0.4 is 14.5 Å². The molecule has 0 aliphatic carbocycles. The highest BCUT2D eigenvalue weighted by atomic mass is 19.1. The van der Waals surface area contributed by atoms with E-state index in [9.17, 15) is 14.4 Å². The van der Waals surface area contributed by atoms with Crippen LogP contribution in [0, 0.1) is 31.0 Å². The minimum Gasteiger partial charge on any atom is -0.497 e. The fourth-order valence-corrected chi connectivity index (χ4v) is 4.15. The number of benzene rings is 3. The second-order valence-corrected chi connectivity index (χ2v) is 8.52. The summed E-state index contributed by atoms with van der Waals surface area (Å²) in [7, 11) is 2.89. The molecule has 1 unspecified atom stereocenters. The van der Waals surface area contributed by atoms with Crippen molar-refractivity contribution in [3.63, 3.8) is 0 Å². The van der Waals surface area contributed by atoms with Crippen LogP contribution in [0.4, 0.5) is 10.1 Å². The molecule has 3 aromatic carbocycles. The van der Waals surface area contributed by atoms with Crippen LogP contribution in [0.25, 0.3) is 11.1 Å². The highest BCUT2D eigenvalue weighted by molar-refractivity contribution is 6.01. The minimum atomic E-state index is -0.359. The molecule has 0 bridgehead atoms. The van der Waals surface area contributed by atoms with Gasteiger partial charge in [0, 0.05) is 12.0 Å². The minimum absolute atomic E-state index is 0.127. The van der Waals surface area contributed by atoms with E-state index < -0.39 is 0 Å². The molecule has 3 aromatic rings. The number of methoxy groups -OCH3 is 2. The fraction of sp³-hybridized carbons (Fsp3) is 0.250. The molecule has 1 atom stereocenters. The van der Waals surface area contributed by atoms with Crippen LogP contribution in [0.5, 0.6) is 17.2 Å². The van der Waals surface area contributed by atoms with Gasteiger partial charge >= 0.3 is 5.97 Å². The normalized spacial score (nSPS) is 14.7. The summed E-state index contributed by atoms with van der Waals surface area (Å²) >= 11 is 0. The lowest BCUT2D eigenvalue weighted by molar-refractivity contribution is -0.140. The predicted octanol–water partition coefficient (Wildman–Crippen LogP) is 5.93. The lowest BCUT2D eigenvalue weighted by Crippen LogP contribution is -2.29. The first-order chi connectivity index (χ1) is 17.3. The van der Waals surface area contributed by atoms with Crippen LogP contribution in [0.3, 0.4) is 0 Å². The van der Waals surface area contributed by atoms with Crippen LogP contribution >= 0.6 is 0 Å². The van der Waals surface area contributed by atoms with Crippen molar-refractivity contribution in [1.29, 1.82) is 5.26 Å². The number of aryl methyl sites for hydroxylation is 2. The van der Waals surface area contributed by atoms with Gasteiger partial charge in [0.05, 0.1) is 32.4 Å². The average Bonchev–Trinajstić information content (AvgIpc) is 3.29. The molecule has 184 valence electrons. The van der Waals surface area contributed by atoms with Crippen LogP contribution in [-0.4, -0.2) is 31.9 Å². The van der Waals surface area contributed by atoms with Crippen molar-refractivity contribution in [2.75, 3.05) is 19.2 Å². The molecule has 0 spiro atoms. The van der Waals surface area contributed by atoms with Crippen molar-refractivity contribution in [3.05, 3.63) is 71.5 Å². The molecule has 0 fully saturated rings. The quantitative estimate of drug-likeness (QED) is 0.384. The first kappa shape index (κ1) is 24.7. The Morgan fingerprint density at radius 2 is 1.78 bits per heavy atom. The van der Waals surface area contributed by atoms with Crippen molar-refractivity contribution in [2.45, 2.75) is 32.7 Å². The Morgan fingerprint density at radius 3 is 2.44 bits per heavy atom. The molecule has 36 heavy (non-hydrogen) atoms. The van der Waals surface area contributed by atoms with E-state index in [0.29, 0.717) is 34.9 Å². The molecular weight excluding hydrogens is 461 g/mol. The second kappa shape index (κ2) is 10.5. The van der Waals surface area contributed by atoms with Gasteiger partial charge in [-0.15, -0.1) is 0 Å². The highest BCUT2D eigenvalue weighted by Crippen LogP contribution is 2.36. The van der Waals surface area contributed by atoms with Gasteiger partial charge in [0.25, 0.3) is 0 Å². The molecule has 1 heterocycles. The lowest BCUT2D eigenvalue weighted by atomic mass is 9.97. The molecule has 1 aliphatic rings. The summed E-state index contributed by atoms with van der Waals surface area (Å²) in [4.78, 5) is 11.8. The number of ether oxygens (including phenoxy) is 3. The monoisotopic (exact) mass is 487 g/mol. The zero-order valence-corrected chi connectivity index (χ0v) is 20.5. The molecular formula is C28H26FN3O4. The SMILES string of the molecule is COC(=O)CC1CC(C#N)=NN1c1ccc(Oc2cc(C)c(-c3cc(OC)ccc3F)cc2C)cc1. The number of hydrogen-bond acceptors (Lipinski definition) is 7. The van der Waals surface area contributed by atoms with Crippen molar-refractivity contribution >= 4 is 17.4 Å². The number of carbonyl (C=O) groups is 1. The first-order valence-electron chi connectivity index (χ1n) is 11.4. The Labute approximate surface area is 209 Å². The van der Waals surface area contributed by atoms with Gasteiger partial charge in [0.1, 0.15) is 34.8 Å². The Kier molecular flexibility index (Phi) is 7.20. The van der Waals surface area contributed by atoms with E-state index in [0.717, 1.165) is 22.4 Å². The molecule has 0 saturated carbocycles. The molecule has 0 N–H and O–H groups in total. The molecule has 8 heteroatoms. The van der Waals surface area contributed by atoms with E-state index in [4.69, 9.17) is 14.2 Å². The number of nitriles is 1. The Morgan fingerprint density at radius 1 is 1.06 bits per heavy atom. The highest BCUT2D eigenvalue weighted by Gasteiger charge is 2.30. The number of hydrazone groups is 1. The average molecular weight is 488 g/mol. The Balaban J connectivity index is 1.55. The van der Waals surface area contributed by atoms with E-state index >= 15 is 0 Å². The number of halogens is 1. The predicted molar refractivity (Wildman–Crippen MR) is 135 cm³/mol. The molecule has 0 saturated heterocycles. The fourth-order valence-electron chi connectivity index (χ4n) is 4.15. The summed E-state index contributed by atoms with van der Waals surface area (Å²) < 4.78 is 30.7. The zero-order valence-electron chi connectivity index (χ0n) is 20.5. The standard InChI is InChI=1S/C28H26FN3O4/c1-17-12-27(18(2)11-24(17)25-15-23(34-3)9-10-26(25)29)36-22-7-5-20(6-8-22)32-21(14-28(33)35-4)13-19(16-30)31-32/h5-12,15,21H,13-14H2,1-4H3. The molecule has 0 amide bonds.